The first-order chi connectivity index (χ1) is 14.5. The molecule has 0 bridgehead atoms. The molecule has 30 heavy (non-hydrogen) atoms. The minimum Gasteiger partial charge on any atom is -0.326 e. The molecule has 0 spiro atoms. The van der Waals surface area contributed by atoms with Crippen LogP contribution in [-0.2, 0) is 16.0 Å². The lowest BCUT2D eigenvalue weighted by molar-refractivity contribution is -0.131. The van der Waals surface area contributed by atoms with Crippen LogP contribution < -0.4 is 10.2 Å². The number of hydrogen-bond donors (Lipinski definition) is 1. The average Bonchev–Trinajstić information content (AvgIpc) is 2.91. The van der Waals surface area contributed by atoms with Gasteiger partial charge < -0.3 is 10.2 Å². The van der Waals surface area contributed by atoms with Crippen LogP contribution in [-0.4, -0.2) is 47.1 Å². The smallest absolute Gasteiger partial charge is 0.325 e. The summed E-state index contributed by atoms with van der Waals surface area (Å²) in [7, 11) is 0. The summed E-state index contributed by atoms with van der Waals surface area (Å²) >= 11 is 1.75. The molecule has 7 heteroatoms. The van der Waals surface area contributed by atoms with Crippen molar-refractivity contribution in [1.82, 2.24) is 10.2 Å². The highest BCUT2D eigenvalue weighted by Gasteiger charge is 2.39. The molecule has 4 rings (SSSR count). The number of anilines is 1. The summed E-state index contributed by atoms with van der Waals surface area (Å²) < 4.78 is 0. The van der Waals surface area contributed by atoms with Crippen LogP contribution in [0, 0.1) is 0 Å². The summed E-state index contributed by atoms with van der Waals surface area (Å²) in [6.45, 7) is 2.48. The largest absolute Gasteiger partial charge is 0.326 e. The second kappa shape index (κ2) is 8.92. The number of aryl methyl sites for hydroxylation is 1. The third kappa shape index (κ3) is 4.36. The maximum Gasteiger partial charge on any atom is 0.325 e. The molecule has 0 aromatic heterocycles. The van der Waals surface area contributed by atoms with Crippen molar-refractivity contribution in [2.24, 2.45) is 0 Å². The number of nitrogens with one attached hydrogen (secondary N) is 1. The van der Waals surface area contributed by atoms with Gasteiger partial charge in [0, 0.05) is 16.7 Å². The molecule has 1 N–H and O–H groups in total. The van der Waals surface area contributed by atoms with Crippen LogP contribution >= 0.6 is 11.8 Å². The van der Waals surface area contributed by atoms with Crippen LogP contribution in [0.4, 0.5) is 10.5 Å². The lowest BCUT2D eigenvalue weighted by Crippen LogP contribution is -2.44. The molecule has 2 aliphatic rings. The van der Waals surface area contributed by atoms with E-state index >= 15 is 0 Å². The van der Waals surface area contributed by atoms with Gasteiger partial charge in [0.1, 0.15) is 12.6 Å². The third-order valence-corrected chi connectivity index (χ3v) is 6.75. The van der Waals surface area contributed by atoms with Crippen molar-refractivity contribution in [2.75, 3.05) is 18.0 Å². The molecule has 2 atom stereocenters. The number of fused-ring (bicyclic) bond motifs is 1. The molecule has 1 saturated heterocycles. The molecule has 1 fully saturated rings. The highest BCUT2D eigenvalue weighted by atomic mass is 32.2. The van der Waals surface area contributed by atoms with Gasteiger partial charge in [-0.25, -0.2) is 4.79 Å². The topological polar surface area (TPSA) is 69.7 Å². The number of rotatable bonds is 5. The number of para-hydroxylation sites is 1. The standard InChI is InChI=1S/C23H25N3O3S/c1-16-13-14-25(19-9-5-6-10-20(19)30-16)21(27)15-26-22(28)18(24-23(26)29)12-11-17-7-3-2-4-8-17/h2-10,16,18H,11-15H2,1H3,(H,24,29)/t16-,18+/m1/s1. The Morgan fingerprint density at radius 2 is 1.83 bits per heavy atom. The van der Waals surface area contributed by atoms with E-state index in [1.165, 1.54) is 0 Å². The van der Waals surface area contributed by atoms with Gasteiger partial charge in [-0.15, -0.1) is 11.8 Å². The van der Waals surface area contributed by atoms with Crippen LogP contribution in [0.25, 0.3) is 0 Å². The minimum absolute atomic E-state index is 0.232. The molecule has 2 aliphatic heterocycles. The summed E-state index contributed by atoms with van der Waals surface area (Å²) in [6, 6.07) is 16.6. The number of nitrogens with zero attached hydrogens (tertiary/aromatic N) is 2. The average molecular weight is 424 g/mol. The molecular formula is C23H25N3O3S. The van der Waals surface area contributed by atoms with E-state index in [2.05, 4.69) is 12.2 Å². The fraction of sp³-hybridized carbons (Fsp3) is 0.348. The molecule has 2 aromatic rings. The van der Waals surface area contributed by atoms with Gasteiger partial charge in [0.15, 0.2) is 0 Å². The van der Waals surface area contributed by atoms with E-state index in [0.29, 0.717) is 24.6 Å². The number of thioether (sulfide) groups is 1. The highest BCUT2D eigenvalue weighted by Crippen LogP contribution is 2.37. The van der Waals surface area contributed by atoms with Crippen molar-refractivity contribution in [3.8, 4) is 0 Å². The molecule has 0 aliphatic carbocycles. The summed E-state index contributed by atoms with van der Waals surface area (Å²) in [4.78, 5) is 42.1. The molecule has 2 heterocycles. The van der Waals surface area contributed by atoms with Crippen molar-refractivity contribution >= 4 is 35.3 Å². The maximum absolute atomic E-state index is 13.1. The van der Waals surface area contributed by atoms with Gasteiger partial charge in [0.2, 0.25) is 5.91 Å². The fourth-order valence-electron chi connectivity index (χ4n) is 3.84. The monoisotopic (exact) mass is 423 g/mol. The Kier molecular flexibility index (Phi) is 6.08. The van der Waals surface area contributed by atoms with E-state index in [-0.39, 0.29) is 18.4 Å². The third-order valence-electron chi connectivity index (χ3n) is 5.51. The molecule has 4 amide bonds. The first-order valence-corrected chi connectivity index (χ1v) is 11.1. The van der Waals surface area contributed by atoms with Gasteiger partial charge >= 0.3 is 6.03 Å². The maximum atomic E-state index is 13.1. The zero-order valence-electron chi connectivity index (χ0n) is 16.9. The predicted octanol–water partition coefficient (Wildman–Crippen LogP) is 3.46. The molecule has 6 nitrogen and oxygen atoms in total. The van der Waals surface area contributed by atoms with E-state index in [4.69, 9.17) is 0 Å². The molecule has 156 valence electrons. The number of carbonyl (C=O) groups is 3. The zero-order chi connectivity index (χ0) is 21.1. The molecule has 0 saturated carbocycles. The van der Waals surface area contributed by atoms with E-state index < -0.39 is 12.1 Å². The normalized spacial score (nSPS) is 21.2. The quantitative estimate of drug-likeness (QED) is 0.748. The highest BCUT2D eigenvalue weighted by molar-refractivity contribution is 8.00. The van der Waals surface area contributed by atoms with E-state index in [9.17, 15) is 14.4 Å². The van der Waals surface area contributed by atoms with Crippen molar-refractivity contribution in [1.29, 1.82) is 0 Å². The SMILES string of the molecule is C[C@@H]1CCN(C(=O)CN2C(=O)N[C@@H](CCc3ccccc3)C2=O)c2ccccc2S1. The van der Waals surface area contributed by atoms with E-state index in [1.807, 2.05) is 54.6 Å². The number of imide groups is 1. The van der Waals surface area contributed by atoms with Crippen molar-refractivity contribution in [3.05, 3.63) is 60.2 Å². The van der Waals surface area contributed by atoms with Gasteiger partial charge in [-0.3, -0.25) is 14.5 Å². The second-order valence-electron chi connectivity index (χ2n) is 7.68. The van der Waals surface area contributed by atoms with Crippen LogP contribution in [0.1, 0.15) is 25.3 Å². The van der Waals surface area contributed by atoms with Crippen LogP contribution in [0.3, 0.4) is 0 Å². The molecular weight excluding hydrogens is 398 g/mol. The van der Waals surface area contributed by atoms with Crippen molar-refractivity contribution in [2.45, 2.75) is 42.4 Å². The van der Waals surface area contributed by atoms with Crippen molar-refractivity contribution in [3.63, 3.8) is 0 Å². The number of urea groups is 1. The lowest BCUT2D eigenvalue weighted by atomic mass is 10.1. The first kappa shape index (κ1) is 20.5. The van der Waals surface area contributed by atoms with Gasteiger partial charge in [0.05, 0.1) is 5.69 Å². The van der Waals surface area contributed by atoms with Gasteiger partial charge in [0.25, 0.3) is 5.91 Å². The number of benzene rings is 2. The number of hydrogen-bond acceptors (Lipinski definition) is 4. The predicted molar refractivity (Wildman–Crippen MR) is 118 cm³/mol. The Balaban J connectivity index is 1.43. The van der Waals surface area contributed by atoms with Gasteiger partial charge in [-0.2, -0.15) is 0 Å². The van der Waals surface area contributed by atoms with Crippen LogP contribution in [0.5, 0.6) is 0 Å². The van der Waals surface area contributed by atoms with Crippen LogP contribution in [0.2, 0.25) is 0 Å². The summed E-state index contributed by atoms with van der Waals surface area (Å²) in [6.07, 6.45) is 2.05. The molecule has 0 radical (unpaired) electrons. The molecule has 2 aromatic carbocycles. The van der Waals surface area contributed by atoms with Gasteiger partial charge in [-0.1, -0.05) is 49.4 Å². The van der Waals surface area contributed by atoms with E-state index in [1.54, 1.807) is 16.7 Å². The molecule has 0 unspecified atom stereocenters. The number of amides is 4. The Morgan fingerprint density at radius 3 is 2.63 bits per heavy atom. The van der Waals surface area contributed by atoms with Crippen LogP contribution in [0.15, 0.2) is 59.5 Å². The summed E-state index contributed by atoms with van der Waals surface area (Å²) in [5.41, 5.74) is 1.96. The first-order valence-electron chi connectivity index (χ1n) is 10.2. The number of carbonyl (C=O) groups excluding carboxylic acids is 3. The van der Waals surface area contributed by atoms with Gasteiger partial charge in [-0.05, 0) is 37.0 Å². The van der Waals surface area contributed by atoms with Crippen molar-refractivity contribution < 1.29 is 14.4 Å². The van der Waals surface area contributed by atoms with E-state index in [0.717, 1.165) is 27.5 Å². The Hall–Kier alpha value is -2.80. The fourth-order valence-corrected chi connectivity index (χ4v) is 4.96. The minimum atomic E-state index is -0.586. The zero-order valence-corrected chi connectivity index (χ0v) is 17.7. The Labute approximate surface area is 180 Å². The summed E-state index contributed by atoms with van der Waals surface area (Å²) in [5, 5.41) is 3.13. The Morgan fingerprint density at radius 1 is 1.10 bits per heavy atom. The Bertz CT molecular complexity index is 950. The summed E-state index contributed by atoms with van der Waals surface area (Å²) in [5.74, 6) is -0.556. The lowest BCUT2D eigenvalue weighted by Gasteiger charge is -2.24. The second-order valence-corrected chi connectivity index (χ2v) is 9.16.